The van der Waals surface area contributed by atoms with Gasteiger partial charge in [0.25, 0.3) is 0 Å². The molecule has 0 heterocycles. The molecule has 0 aromatic carbocycles. The zero-order chi connectivity index (χ0) is 11.7. The summed E-state index contributed by atoms with van der Waals surface area (Å²) in [5, 5.41) is 0. The van der Waals surface area contributed by atoms with E-state index in [1.165, 1.54) is 0 Å². The van der Waals surface area contributed by atoms with Gasteiger partial charge in [0, 0.05) is 0 Å². The van der Waals surface area contributed by atoms with Crippen LogP contribution in [-0.2, 0) is 17.8 Å². The SMILES string of the molecule is Cl.NC(=O)O[Si](=O)O.NC(=O)O[Si](=O)O.[CaH2]. The molecule has 0 aromatic heterocycles. The fourth-order valence-electron chi connectivity index (χ4n) is 0.172. The first-order chi connectivity index (χ1) is 6.25. The number of halogens is 1. The van der Waals surface area contributed by atoms with Crippen molar-refractivity contribution in [2.24, 2.45) is 11.5 Å². The monoisotopic (exact) mass is 320 g/mol. The quantitative estimate of drug-likeness (QED) is 0.378. The molecule has 0 fully saturated rings. The van der Waals surface area contributed by atoms with Gasteiger partial charge in [-0.2, -0.15) is 0 Å². The van der Waals surface area contributed by atoms with Gasteiger partial charge in [0.05, 0.1) is 0 Å². The van der Waals surface area contributed by atoms with Crippen molar-refractivity contribution in [1.29, 1.82) is 0 Å². The molecule has 0 rings (SSSR count). The van der Waals surface area contributed by atoms with E-state index in [-0.39, 0.29) is 50.1 Å². The van der Waals surface area contributed by atoms with E-state index < -0.39 is 30.5 Å². The van der Waals surface area contributed by atoms with Crippen LogP contribution < -0.4 is 11.5 Å². The normalized spacial score (nSPS) is 6.50. The molecule has 0 aliphatic carbocycles. The molecule has 16 heavy (non-hydrogen) atoms. The second kappa shape index (κ2) is 14.7. The molecule has 10 nitrogen and oxygen atoms in total. The average Bonchev–Trinajstić information content (AvgIpc) is 1.79. The molecule has 0 aliphatic rings. The molecule has 92 valence electrons. The zero-order valence-electron chi connectivity index (χ0n) is 6.91. The summed E-state index contributed by atoms with van der Waals surface area (Å²) in [6.07, 6.45) is -2.46. The van der Waals surface area contributed by atoms with Crippen LogP contribution in [-0.4, -0.2) is 77.9 Å². The Morgan fingerprint density at radius 3 is 1.12 bits per heavy atom. The maximum absolute atomic E-state index is 9.48. The van der Waals surface area contributed by atoms with Crippen LogP contribution in [0.15, 0.2) is 0 Å². The van der Waals surface area contributed by atoms with E-state index in [9.17, 15) is 18.5 Å². The van der Waals surface area contributed by atoms with Crippen molar-refractivity contribution >= 4 is 80.7 Å². The standard InChI is InChI=1S/2CH3NO4Si.Ca.ClH.2H/c2*2-1(3)6-7(4)5;;;;/h2*4H,(H2,2,3);;1H;;. The van der Waals surface area contributed by atoms with Crippen LogP contribution >= 0.6 is 12.4 Å². The van der Waals surface area contributed by atoms with Crippen LogP contribution in [0.4, 0.5) is 9.59 Å². The Bertz CT molecular complexity index is 212. The van der Waals surface area contributed by atoms with E-state index in [2.05, 4.69) is 20.3 Å². The molecular formula is C2H9CaClN2O8Si2. The molecule has 0 saturated carbocycles. The Kier molecular flexibility index (Phi) is 22.8. The number of rotatable bonds is 2. The third-order valence-electron chi connectivity index (χ3n) is 0.376. The Morgan fingerprint density at radius 2 is 1.12 bits per heavy atom. The first-order valence-corrected chi connectivity index (χ1v) is 5.18. The molecule has 0 atom stereocenters. The van der Waals surface area contributed by atoms with Gasteiger partial charge in [-0.25, -0.2) is 9.59 Å². The third-order valence-corrected chi connectivity index (χ3v) is 1.13. The van der Waals surface area contributed by atoms with Crippen molar-refractivity contribution in [3.63, 3.8) is 0 Å². The van der Waals surface area contributed by atoms with Gasteiger partial charge in [-0.1, -0.05) is 0 Å². The van der Waals surface area contributed by atoms with Gasteiger partial charge in [0.15, 0.2) is 0 Å². The van der Waals surface area contributed by atoms with Crippen molar-refractivity contribution in [2.75, 3.05) is 0 Å². The second-order valence-electron chi connectivity index (χ2n) is 1.37. The summed E-state index contributed by atoms with van der Waals surface area (Å²) >= 11 is 0. The van der Waals surface area contributed by atoms with Crippen LogP contribution in [0, 0.1) is 0 Å². The van der Waals surface area contributed by atoms with Gasteiger partial charge in [-0.15, -0.1) is 12.4 Å². The molecule has 0 saturated heterocycles. The van der Waals surface area contributed by atoms with Crippen molar-refractivity contribution in [1.82, 2.24) is 0 Å². The predicted molar refractivity (Wildman–Crippen MR) is 54.4 cm³/mol. The maximum atomic E-state index is 9.48. The number of hydrogen-bond donors (Lipinski definition) is 4. The van der Waals surface area contributed by atoms with Crippen LogP contribution in [0.3, 0.4) is 0 Å². The fourth-order valence-corrected chi connectivity index (χ4v) is 0.516. The fraction of sp³-hybridized carbons (Fsp3) is 0. The topological polar surface area (TPSA) is 179 Å². The van der Waals surface area contributed by atoms with E-state index >= 15 is 0 Å². The number of carbonyl (C=O) groups is 2. The molecule has 0 radical (unpaired) electrons. The minimum atomic E-state index is -3.16. The van der Waals surface area contributed by atoms with Crippen LogP contribution in [0.5, 0.6) is 0 Å². The van der Waals surface area contributed by atoms with Crippen molar-refractivity contribution in [3.8, 4) is 0 Å². The van der Waals surface area contributed by atoms with E-state index in [1.807, 2.05) is 0 Å². The predicted octanol–water partition coefficient (Wildman–Crippen LogP) is -3.52. The number of amides is 2. The third kappa shape index (κ3) is 37.2. The van der Waals surface area contributed by atoms with Crippen molar-refractivity contribution in [3.05, 3.63) is 0 Å². The summed E-state index contributed by atoms with van der Waals surface area (Å²) < 4.78 is 25.9. The van der Waals surface area contributed by atoms with E-state index in [4.69, 9.17) is 9.59 Å². The molecule has 0 aliphatic heterocycles. The Balaban J connectivity index is -0.0000000800. The Hall–Kier alpha value is -0.276. The molecule has 14 heteroatoms. The van der Waals surface area contributed by atoms with Gasteiger partial charge in [0.1, 0.15) is 0 Å². The molecule has 2 amide bonds. The zero-order valence-corrected chi connectivity index (χ0v) is 9.72. The molecule has 6 N–H and O–H groups in total. The first kappa shape index (κ1) is 24.8. The van der Waals surface area contributed by atoms with Crippen molar-refractivity contribution in [2.45, 2.75) is 0 Å². The van der Waals surface area contributed by atoms with Gasteiger partial charge in [0.2, 0.25) is 0 Å². The van der Waals surface area contributed by atoms with Gasteiger partial charge in [-0.3, -0.25) is 8.92 Å². The second-order valence-corrected chi connectivity index (χ2v) is 2.85. The van der Waals surface area contributed by atoms with E-state index in [0.717, 1.165) is 0 Å². The van der Waals surface area contributed by atoms with Gasteiger partial charge < -0.3 is 29.9 Å². The van der Waals surface area contributed by atoms with Crippen LogP contribution in [0.25, 0.3) is 0 Å². The summed E-state index contributed by atoms with van der Waals surface area (Å²) in [4.78, 5) is 34.4. The summed E-state index contributed by atoms with van der Waals surface area (Å²) in [6, 6.07) is 0. The minimum absolute atomic E-state index is 0. The summed E-state index contributed by atoms with van der Waals surface area (Å²) in [5.41, 5.74) is 8.60. The Morgan fingerprint density at radius 1 is 0.938 bits per heavy atom. The van der Waals surface area contributed by atoms with Crippen molar-refractivity contribution < 1.29 is 37.0 Å². The Labute approximate surface area is 128 Å². The molecule has 0 bridgehead atoms. The average molecular weight is 321 g/mol. The molecule has 0 spiro atoms. The van der Waals surface area contributed by atoms with E-state index in [1.54, 1.807) is 0 Å². The van der Waals surface area contributed by atoms with Crippen LogP contribution in [0.1, 0.15) is 0 Å². The van der Waals surface area contributed by atoms with Gasteiger partial charge in [-0.05, 0) is 0 Å². The number of hydrogen-bond acceptors (Lipinski definition) is 6. The number of carbonyl (C=O) groups excluding carboxylic acids is 2. The number of nitrogens with two attached hydrogens (primary N) is 2. The first-order valence-electron chi connectivity index (χ1n) is 2.66. The number of primary amides is 2. The summed E-state index contributed by atoms with van der Waals surface area (Å²) in [6.45, 7) is 0. The van der Waals surface area contributed by atoms with E-state index in [0.29, 0.717) is 0 Å². The van der Waals surface area contributed by atoms with Crippen LogP contribution in [0.2, 0.25) is 0 Å². The molecular weight excluding hydrogens is 312 g/mol. The van der Waals surface area contributed by atoms with Gasteiger partial charge >= 0.3 is 68.3 Å². The molecule has 0 aromatic rings. The molecule has 0 unspecified atom stereocenters. The summed E-state index contributed by atoms with van der Waals surface area (Å²) in [7, 11) is -6.32. The summed E-state index contributed by atoms with van der Waals surface area (Å²) in [5.74, 6) is 0.